The number of rotatable bonds is 7. The minimum atomic E-state index is 0.590. The molecule has 0 saturated heterocycles. The molecule has 290 valence electrons. The molecule has 0 aliphatic rings. The molecule has 0 fully saturated rings. The highest BCUT2D eigenvalue weighted by molar-refractivity contribution is 6.17. The molecule has 12 aromatic rings. The van der Waals surface area contributed by atoms with Gasteiger partial charge >= 0.3 is 0 Å². The molecule has 0 N–H and O–H groups in total. The van der Waals surface area contributed by atoms with Crippen LogP contribution in [0.1, 0.15) is 0 Å². The smallest absolute Gasteiger partial charge is 0.164 e. The highest BCUT2D eigenvalue weighted by Gasteiger charge is 2.21. The predicted octanol–water partition coefficient (Wildman–Crippen LogP) is 14.9. The summed E-state index contributed by atoms with van der Waals surface area (Å²) in [6, 6.07) is 76.2. The molecule has 0 saturated carbocycles. The van der Waals surface area contributed by atoms with E-state index >= 15 is 0 Å². The summed E-state index contributed by atoms with van der Waals surface area (Å²) >= 11 is 0. The fourth-order valence-electron chi connectivity index (χ4n) is 8.94. The van der Waals surface area contributed by atoms with E-state index in [9.17, 15) is 0 Å². The maximum Gasteiger partial charge on any atom is 0.164 e. The number of furan rings is 1. The number of para-hydroxylation sites is 2. The molecule has 0 amide bonds. The molecule has 0 bridgehead atoms. The van der Waals surface area contributed by atoms with Crippen molar-refractivity contribution in [2.75, 3.05) is 0 Å². The van der Waals surface area contributed by atoms with Gasteiger partial charge in [0.15, 0.2) is 17.5 Å². The summed E-state index contributed by atoms with van der Waals surface area (Å²) in [5.74, 6) is 1.82. The lowest BCUT2D eigenvalue weighted by Crippen LogP contribution is -2.01. The van der Waals surface area contributed by atoms with Crippen molar-refractivity contribution in [3.05, 3.63) is 218 Å². The van der Waals surface area contributed by atoms with E-state index in [0.29, 0.717) is 17.5 Å². The number of benzene rings is 9. The van der Waals surface area contributed by atoms with Gasteiger partial charge in [-0.05, 0) is 81.9 Å². The summed E-state index contributed by atoms with van der Waals surface area (Å²) in [6.07, 6.45) is 0. The summed E-state index contributed by atoms with van der Waals surface area (Å²) in [4.78, 5) is 15.5. The second-order valence-electron chi connectivity index (χ2n) is 15.6. The van der Waals surface area contributed by atoms with Crippen molar-refractivity contribution in [2.24, 2.45) is 0 Å². The quantitative estimate of drug-likeness (QED) is 0.161. The van der Waals surface area contributed by atoms with Crippen LogP contribution in [-0.4, -0.2) is 19.5 Å². The summed E-state index contributed by atoms with van der Waals surface area (Å²) in [6.45, 7) is 0. The van der Waals surface area contributed by atoms with Gasteiger partial charge in [0, 0.05) is 43.9 Å². The van der Waals surface area contributed by atoms with Crippen molar-refractivity contribution in [1.82, 2.24) is 19.5 Å². The van der Waals surface area contributed by atoms with Gasteiger partial charge in [0.1, 0.15) is 11.2 Å². The Balaban J connectivity index is 1.08. The van der Waals surface area contributed by atoms with Crippen LogP contribution in [0.3, 0.4) is 0 Å². The van der Waals surface area contributed by atoms with Gasteiger partial charge in [-0.25, -0.2) is 15.0 Å². The molecule has 0 spiro atoms. The average molecular weight is 793 g/mol. The third-order valence-electron chi connectivity index (χ3n) is 11.9. The monoisotopic (exact) mass is 792 g/mol. The highest BCUT2D eigenvalue weighted by atomic mass is 16.3. The topological polar surface area (TPSA) is 56.7 Å². The largest absolute Gasteiger partial charge is 0.456 e. The lowest BCUT2D eigenvalue weighted by atomic mass is 9.90. The Kier molecular flexibility index (Phi) is 8.42. The van der Waals surface area contributed by atoms with Gasteiger partial charge in [0.25, 0.3) is 0 Å². The molecular formula is C57H36N4O. The maximum atomic E-state index is 6.79. The van der Waals surface area contributed by atoms with Crippen LogP contribution in [0.25, 0.3) is 117 Å². The van der Waals surface area contributed by atoms with E-state index in [0.717, 1.165) is 88.6 Å². The van der Waals surface area contributed by atoms with Crippen molar-refractivity contribution in [3.8, 4) is 73.2 Å². The minimum absolute atomic E-state index is 0.590. The first-order valence-corrected chi connectivity index (χ1v) is 20.8. The van der Waals surface area contributed by atoms with Crippen LogP contribution in [0.15, 0.2) is 223 Å². The summed E-state index contributed by atoms with van der Waals surface area (Å²) in [7, 11) is 0. The van der Waals surface area contributed by atoms with E-state index in [2.05, 4.69) is 162 Å². The van der Waals surface area contributed by atoms with Gasteiger partial charge in [0.2, 0.25) is 0 Å². The fourth-order valence-corrected chi connectivity index (χ4v) is 8.94. The third-order valence-corrected chi connectivity index (χ3v) is 11.9. The molecule has 9 aromatic carbocycles. The lowest BCUT2D eigenvalue weighted by Gasteiger charge is -2.16. The number of nitrogens with zero attached hydrogens (tertiary/aromatic N) is 4. The Bertz CT molecular complexity index is 3560. The van der Waals surface area contributed by atoms with Crippen molar-refractivity contribution in [3.63, 3.8) is 0 Å². The number of aromatic nitrogens is 4. The zero-order valence-corrected chi connectivity index (χ0v) is 33.5. The first kappa shape index (κ1) is 35.5. The summed E-state index contributed by atoms with van der Waals surface area (Å²) in [5.41, 5.74) is 14.3. The summed E-state index contributed by atoms with van der Waals surface area (Å²) in [5, 5.41) is 4.48. The van der Waals surface area contributed by atoms with Gasteiger partial charge in [-0.2, -0.15) is 0 Å². The zero-order chi connectivity index (χ0) is 41.0. The minimum Gasteiger partial charge on any atom is -0.456 e. The van der Waals surface area contributed by atoms with Gasteiger partial charge in [-0.15, -0.1) is 0 Å². The molecule has 5 nitrogen and oxygen atoms in total. The predicted molar refractivity (Wildman–Crippen MR) is 254 cm³/mol. The van der Waals surface area contributed by atoms with Crippen molar-refractivity contribution in [2.45, 2.75) is 0 Å². The van der Waals surface area contributed by atoms with Crippen LogP contribution in [0.4, 0.5) is 0 Å². The second kappa shape index (κ2) is 14.7. The molecular weight excluding hydrogens is 757 g/mol. The fraction of sp³-hybridized carbons (Fsp3) is 0. The van der Waals surface area contributed by atoms with Crippen LogP contribution < -0.4 is 0 Å². The molecule has 0 aliphatic carbocycles. The Morgan fingerprint density at radius 2 is 0.806 bits per heavy atom. The van der Waals surface area contributed by atoms with Gasteiger partial charge in [-0.3, -0.25) is 0 Å². The van der Waals surface area contributed by atoms with E-state index in [1.54, 1.807) is 0 Å². The molecule has 0 aliphatic heterocycles. The SMILES string of the molecule is c1ccc(-c2nc(-c3ccccc3)nc(-c3cc(-c4ccccc4-c4ccccc4)ccc3-c3ccc4c(c3)oc3cc5c6ccccc6n(-c6ccccc6)c5cc34)n2)cc1. The molecule has 62 heavy (non-hydrogen) atoms. The molecule has 3 aromatic heterocycles. The van der Waals surface area contributed by atoms with E-state index in [1.165, 1.54) is 10.9 Å². The van der Waals surface area contributed by atoms with Crippen LogP contribution in [-0.2, 0) is 0 Å². The van der Waals surface area contributed by atoms with Crippen LogP contribution >= 0.6 is 0 Å². The standard InChI is InChI=1S/C57H36N4O/c1-5-17-37(18-6-1)43-25-13-14-26-44(43)40-29-31-45(50(33-40)57-59-55(38-19-7-2-8-20-38)58-56(60-57)39-21-9-3-10-22-39)41-30-32-47-49-35-52-48(36-54(49)62-53(47)34-41)46-27-15-16-28-51(46)61(52)42-23-11-4-12-24-42/h1-36H. The Labute approximate surface area is 357 Å². The molecule has 0 radical (unpaired) electrons. The van der Waals surface area contributed by atoms with E-state index in [-0.39, 0.29) is 0 Å². The van der Waals surface area contributed by atoms with Crippen molar-refractivity contribution < 1.29 is 4.42 Å². The first-order valence-electron chi connectivity index (χ1n) is 20.8. The van der Waals surface area contributed by atoms with Gasteiger partial charge < -0.3 is 8.98 Å². The molecule has 3 heterocycles. The highest BCUT2D eigenvalue weighted by Crippen LogP contribution is 2.42. The average Bonchev–Trinajstić information content (AvgIpc) is 3.88. The van der Waals surface area contributed by atoms with Crippen LogP contribution in [0.2, 0.25) is 0 Å². The maximum absolute atomic E-state index is 6.79. The Hall–Kier alpha value is -8.41. The van der Waals surface area contributed by atoms with Gasteiger partial charge in [-0.1, -0.05) is 170 Å². The van der Waals surface area contributed by atoms with Crippen LogP contribution in [0, 0.1) is 0 Å². The number of hydrogen-bond donors (Lipinski definition) is 0. The molecule has 12 rings (SSSR count). The van der Waals surface area contributed by atoms with Crippen molar-refractivity contribution >= 4 is 43.7 Å². The van der Waals surface area contributed by atoms with E-state index in [1.807, 2.05) is 60.7 Å². The second-order valence-corrected chi connectivity index (χ2v) is 15.6. The van der Waals surface area contributed by atoms with E-state index < -0.39 is 0 Å². The Morgan fingerprint density at radius 1 is 0.290 bits per heavy atom. The van der Waals surface area contributed by atoms with Crippen LogP contribution in [0.5, 0.6) is 0 Å². The lowest BCUT2D eigenvalue weighted by molar-refractivity contribution is 0.669. The third kappa shape index (κ3) is 6.06. The van der Waals surface area contributed by atoms with Gasteiger partial charge in [0.05, 0.1) is 11.0 Å². The Morgan fingerprint density at radius 3 is 1.50 bits per heavy atom. The first-order chi connectivity index (χ1) is 30.7. The summed E-state index contributed by atoms with van der Waals surface area (Å²) < 4.78 is 9.14. The number of fused-ring (bicyclic) bond motifs is 6. The zero-order valence-electron chi connectivity index (χ0n) is 33.5. The van der Waals surface area contributed by atoms with E-state index in [4.69, 9.17) is 19.4 Å². The van der Waals surface area contributed by atoms with Crippen molar-refractivity contribution in [1.29, 1.82) is 0 Å². The molecule has 5 heteroatoms. The molecule has 0 unspecified atom stereocenters. The molecule has 0 atom stereocenters. The number of hydrogen-bond acceptors (Lipinski definition) is 4. The normalized spacial score (nSPS) is 11.5.